The van der Waals surface area contributed by atoms with Gasteiger partial charge in [0, 0.05) is 12.3 Å². The first-order valence-electron chi connectivity index (χ1n) is 5.84. The Hall–Kier alpha value is -0.970. The maximum absolute atomic E-state index is 11.8. The van der Waals surface area contributed by atoms with Crippen LogP contribution in [0.1, 0.15) is 45.0 Å². The summed E-state index contributed by atoms with van der Waals surface area (Å²) in [6.45, 7) is 6.15. The molecule has 0 atom stereocenters. The van der Waals surface area contributed by atoms with Gasteiger partial charge in [-0.05, 0) is 19.3 Å². The number of anilines is 1. The molecule has 0 aliphatic carbocycles. The highest BCUT2D eigenvalue weighted by Crippen LogP contribution is 2.18. The summed E-state index contributed by atoms with van der Waals surface area (Å²) < 4.78 is 0. The maximum atomic E-state index is 11.8. The number of aromatic nitrogens is 2. The number of amides is 1. The molecule has 0 bridgehead atoms. The lowest BCUT2D eigenvalue weighted by atomic mass is 10.0. The predicted molar refractivity (Wildman–Crippen MR) is 66.6 cm³/mol. The lowest BCUT2D eigenvalue weighted by molar-refractivity contribution is -0.120. The SMILES string of the molecule is CCCc1nnc(NC(=O)C(CC)CC)s1. The van der Waals surface area contributed by atoms with Gasteiger partial charge in [-0.3, -0.25) is 4.79 Å². The third-order valence-corrected chi connectivity index (χ3v) is 3.42. The predicted octanol–water partition coefficient (Wildman–Crippen LogP) is 2.87. The number of rotatable bonds is 6. The number of hydrogen-bond donors (Lipinski definition) is 1. The Morgan fingerprint density at radius 1 is 1.31 bits per heavy atom. The summed E-state index contributed by atoms with van der Waals surface area (Å²) in [6, 6.07) is 0. The molecule has 0 aliphatic rings. The second-order valence-corrected chi connectivity index (χ2v) is 4.82. The van der Waals surface area contributed by atoms with Crippen LogP contribution < -0.4 is 5.32 Å². The Morgan fingerprint density at radius 3 is 2.56 bits per heavy atom. The number of carbonyl (C=O) groups is 1. The lowest BCUT2D eigenvalue weighted by Crippen LogP contribution is -2.21. The Balaban J connectivity index is 2.55. The van der Waals surface area contributed by atoms with E-state index < -0.39 is 0 Å². The van der Waals surface area contributed by atoms with Crippen LogP contribution in [0.5, 0.6) is 0 Å². The summed E-state index contributed by atoms with van der Waals surface area (Å²) >= 11 is 1.47. The molecule has 1 amide bonds. The number of carbonyl (C=O) groups excluding carboxylic acids is 1. The molecule has 0 saturated heterocycles. The zero-order valence-electron chi connectivity index (χ0n) is 10.1. The van der Waals surface area contributed by atoms with Crippen LogP contribution in [0.2, 0.25) is 0 Å². The van der Waals surface area contributed by atoms with Crippen LogP contribution in [0, 0.1) is 5.92 Å². The van der Waals surface area contributed by atoms with E-state index in [-0.39, 0.29) is 11.8 Å². The molecule has 0 fully saturated rings. The first-order chi connectivity index (χ1) is 7.71. The summed E-state index contributed by atoms with van der Waals surface area (Å²) in [4.78, 5) is 11.8. The molecular formula is C11H19N3OS. The topological polar surface area (TPSA) is 54.9 Å². The molecule has 90 valence electrons. The molecule has 0 radical (unpaired) electrons. The molecule has 1 aromatic rings. The molecule has 0 aromatic carbocycles. The zero-order valence-corrected chi connectivity index (χ0v) is 10.9. The normalized spacial score (nSPS) is 10.8. The van der Waals surface area contributed by atoms with E-state index in [2.05, 4.69) is 22.4 Å². The van der Waals surface area contributed by atoms with Crippen molar-refractivity contribution < 1.29 is 4.79 Å². The maximum Gasteiger partial charge on any atom is 0.229 e. The van der Waals surface area contributed by atoms with Crippen LogP contribution in [0.3, 0.4) is 0 Å². The van der Waals surface area contributed by atoms with Crippen molar-refractivity contribution in [1.82, 2.24) is 10.2 Å². The van der Waals surface area contributed by atoms with E-state index in [0.717, 1.165) is 30.7 Å². The van der Waals surface area contributed by atoms with Crippen LogP contribution >= 0.6 is 11.3 Å². The molecule has 0 spiro atoms. The van der Waals surface area contributed by atoms with E-state index in [0.29, 0.717) is 5.13 Å². The van der Waals surface area contributed by atoms with Crippen molar-refractivity contribution in [3.8, 4) is 0 Å². The Bertz CT molecular complexity index is 334. The van der Waals surface area contributed by atoms with Gasteiger partial charge in [0.2, 0.25) is 11.0 Å². The summed E-state index contributed by atoms with van der Waals surface area (Å²) in [5.41, 5.74) is 0. The van der Waals surface area contributed by atoms with Gasteiger partial charge in [-0.2, -0.15) is 0 Å². The van der Waals surface area contributed by atoms with Crippen LogP contribution in [0.25, 0.3) is 0 Å². The van der Waals surface area contributed by atoms with Gasteiger partial charge in [0.05, 0.1) is 0 Å². The highest BCUT2D eigenvalue weighted by atomic mass is 32.1. The fourth-order valence-electron chi connectivity index (χ4n) is 1.49. The van der Waals surface area contributed by atoms with Gasteiger partial charge in [0.15, 0.2) is 0 Å². The third-order valence-electron chi connectivity index (χ3n) is 2.52. The molecule has 16 heavy (non-hydrogen) atoms. The highest BCUT2D eigenvalue weighted by molar-refractivity contribution is 7.15. The van der Waals surface area contributed by atoms with E-state index in [1.165, 1.54) is 11.3 Å². The number of hydrogen-bond acceptors (Lipinski definition) is 4. The average molecular weight is 241 g/mol. The molecule has 0 aliphatic heterocycles. The second kappa shape index (κ2) is 6.58. The van der Waals surface area contributed by atoms with Gasteiger partial charge in [0.1, 0.15) is 5.01 Å². The Kier molecular flexibility index (Phi) is 5.38. The minimum Gasteiger partial charge on any atom is -0.300 e. The fraction of sp³-hybridized carbons (Fsp3) is 0.727. The minimum atomic E-state index is 0.0594. The molecule has 0 saturated carbocycles. The molecule has 1 N–H and O–H groups in total. The zero-order chi connectivity index (χ0) is 12.0. The monoisotopic (exact) mass is 241 g/mol. The summed E-state index contributed by atoms with van der Waals surface area (Å²) in [7, 11) is 0. The smallest absolute Gasteiger partial charge is 0.229 e. The molecule has 0 unspecified atom stereocenters. The van der Waals surface area contributed by atoms with Gasteiger partial charge in [-0.1, -0.05) is 32.1 Å². The van der Waals surface area contributed by atoms with E-state index in [9.17, 15) is 4.79 Å². The molecule has 1 aromatic heterocycles. The van der Waals surface area contributed by atoms with E-state index in [4.69, 9.17) is 0 Å². The van der Waals surface area contributed by atoms with Crippen molar-refractivity contribution in [2.45, 2.75) is 46.5 Å². The molecule has 1 heterocycles. The molecule has 5 heteroatoms. The van der Waals surface area contributed by atoms with Gasteiger partial charge in [-0.25, -0.2) is 0 Å². The first kappa shape index (κ1) is 13.1. The average Bonchev–Trinajstić information content (AvgIpc) is 2.68. The highest BCUT2D eigenvalue weighted by Gasteiger charge is 2.15. The van der Waals surface area contributed by atoms with Crippen molar-refractivity contribution >= 4 is 22.4 Å². The molecule has 4 nitrogen and oxygen atoms in total. The van der Waals surface area contributed by atoms with Crippen LogP contribution in [-0.2, 0) is 11.2 Å². The largest absolute Gasteiger partial charge is 0.300 e. The Morgan fingerprint density at radius 2 is 2.00 bits per heavy atom. The lowest BCUT2D eigenvalue weighted by Gasteiger charge is -2.09. The standard InChI is InChI=1S/C11H19N3OS/c1-4-7-9-13-14-11(16-9)12-10(15)8(5-2)6-3/h8H,4-7H2,1-3H3,(H,12,14,15). The van der Waals surface area contributed by atoms with Crippen LogP contribution in [0.4, 0.5) is 5.13 Å². The fourth-order valence-corrected chi connectivity index (χ4v) is 2.33. The Labute approximate surface area is 100 Å². The third kappa shape index (κ3) is 3.56. The van der Waals surface area contributed by atoms with Gasteiger partial charge < -0.3 is 5.32 Å². The quantitative estimate of drug-likeness (QED) is 0.833. The van der Waals surface area contributed by atoms with Gasteiger partial charge >= 0.3 is 0 Å². The van der Waals surface area contributed by atoms with Crippen molar-refractivity contribution in [3.63, 3.8) is 0 Å². The summed E-state index contributed by atoms with van der Waals surface area (Å²) in [5.74, 6) is 0.141. The first-order valence-corrected chi connectivity index (χ1v) is 6.66. The minimum absolute atomic E-state index is 0.0594. The van der Waals surface area contributed by atoms with Crippen LogP contribution in [0.15, 0.2) is 0 Å². The van der Waals surface area contributed by atoms with E-state index in [1.807, 2.05) is 13.8 Å². The summed E-state index contributed by atoms with van der Waals surface area (Å²) in [6.07, 6.45) is 3.71. The van der Waals surface area contributed by atoms with Crippen molar-refractivity contribution in [2.75, 3.05) is 5.32 Å². The number of aryl methyl sites for hydroxylation is 1. The van der Waals surface area contributed by atoms with E-state index >= 15 is 0 Å². The van der Waals surface area contributed by atoms with Gasteiger partial charge in [0.25, 0.3) is 0 Å². The number of nitrogens with one attached hydrogen (secondary N) is 1. The molecular weight excluding hydrogens is 222 g/mol. The summed E-state index contributed by atoms with van der Waals surface area (Å²) in [5, 5.41) is 12.4. The van der Waals surface area contributed by atoms with Crippen LogP contribution in [-0.4, -0.2) is 16.1 Å². The number of nitrogens with zero attached hydrogens (tertiary/aromatic N) is 2. The van der Waals surface area contributed by atoms with Gasteiger partial charge in [-0.15, -0.1) is 10.2 Å². The second-order valence-electron chi connectivity index (χ2n) is 3.75. The van der Waals surface area contributed by atoms with Crippen molar-refractivity contribution in [2.24, 2.45) is 5.92 Å². The van der Waals surface area contributed by atoms with Crippen molar-refractivity contribution in [1.29, 1.82) is 0 Å². The van der Waals surface area contributed by atoms with E-state index in [1.54, 1.807) is 0 Å². The molecule has 1 rings (SSSR count). The van der Waals surface area contributed by atoms with Crippen molar-refractivity contribution in [3.05, 3.63) is 5.01 Å².